The summed E-state index contributed by atoms with van der Waals surface area (Å²) in [5, 5.41) is 24.8. The van der Waals surface area contributed by atoms with Crippen LogP contribution >= 0.6 is 67.9 Å². The predicted octanol–water partition coefficient (Wildman–Crippen LogP) is 5.02. The van der Waals surface area contributed by atoms with Crippen molar-refractivity contribution in [1.82, 2.24) is 10.9 Å². The van der Waals surface area contributed by atoms with Gasteiger partial charge in [-0.05, 0) is 117 Å². The zero-order chi connectivity index (χ0) is 33.1. The minimum atomic E-state index is -1.10. The third-order valence-electron chi connectivity index (χ3n) is 6.33. The van der Waals surface area contributed by atoms with Crippen LogP contribution in [-0.2, 0) is 19.2 Å². The first-order valence-electron chi connectivity index (χ1n) is 12.8. The molecule has 4 heterocycles. The normalized spacial score (nSPS) is 16.0. The number of carbonyl (C=O) groups excluding carboxylic acids is 4. The van der Waals surface area contributed by atoms with Gasteiger partial charge < -0.3 is 10.2 Å². The van der Waals surface area contributed by atoms with Gasteiger partial charge in [-0.1, -0.05) is 0 Å². The van der Waals surface area contributed by atoms with Gasteiger partial charge in [-0.2, -0.15) is 11.3 Å². The van der Waals surface area contributed by atoms with E-state index < -0.39 is 35.6 Å². The Morgan fingerprint density at radius 3 is 1.65 bits per heavy atom. The fourth-order valence-electron chi connectivity index (χ4n) is 4.09. The molecule has 6 rings (SSSR count). The third-order valence-corrected chi connectivity index (χ3v) is 9.41. The van der Waals surface area contributed by atoms with Crippen LogP contribution in [0.25, 0.3) is 12.2 Å². The number of amides is 4. The van der Waals surface area contributed by atoms with Gasteiger partial charge in [0.2, 0.25) is 0 Å². The molecule has 0 saturated carbocycles. The Kier molecular flexibility index (Phi) is 9.99. The highest BCUT2D eigenvalue weighted by molar-refractivity contribution is 14.1. The smallest absolute Gasteiger partial charge is 0.337 e. The van der Waals surface area contributed by atoms with Gasteiger partial charge in [0.05, 0.1) is 22.5 Å². The summed E-state index contributed by atoms with van der Waals surface area (Å²) < 4.78 is 2.02. The maximum Gasteiger partial charge on any atom is 0.337 e. The number of nitrogens with zero attached hydrogens (tertiary/aromatic N) is 2. The van der Waals surface area contributed by atoms with Gasteiger partial charge in [-0.25, -0.2) is 19.6 Å². The first-order valence-corrected chi connectivity index (χ1v) is 16.8. The Hall–Kier alpha value is -4.40. The van der Waals surface area contributed by atoms with Crippen molar-refractivity contribution in [2.45, 2.75) is 0 Å². The van der Waals surface area contributed by atoms with E-state index in [1.165, 1.54) is 45.3 Å². The van der Waals surface area contributed by atoms with Gasteiger partial charge in [-0.3, -0.25) is 30.0 Å². The number of rotatable bonds is 6. The van der Waals surface area contributed by atoms with Crippen LogP contribution < -0.4 is 20.9 Å². The molecular weight excluding hydrogens is 862 g/mol. The number of hydrogen-bond donors (Lipinski definition) is 4. The summed E-state index contributed by atoms with van der Waals surface area (Å²) in [7, 11) is 0. The summed E-state index contributed by atoms with van der Waals surface area (Å²) in [6, 6.07) is 15.6. The molecule has 2 aliphatic heterocycles. The molecule has 0 spiro atoms. The molecule has 0 unspecified atom stereocenters. The van der Waals surface area contributed by atoms with E-state index in [-0.39, 0.29) is 22.3 Å². The molecular formula is C30H18I2N4O8S2. The number of anilines is 2. The Labute approximate surface area is 295 Å². The SMILES string of the molecule is O=C1NN(c2ccc(I)cc2)C(=O)C1=Cc1cc(C(=O)O)cs1.O=C1NN(c2ccc(I)cc2)C(=O)C1=Cc1cscc1C(=O)O. The summed E-state index contributed by atoms with van der Waals surface area (Å²) in [6.45, 7) is 0. The number of hydrogen-bond acceptors (Lipinski definition) is 8. The monoisotopic (exact) mass is 880 g/mol. The molecule has 4 amide bonds. The van der Waals surface area contributed by atoms with Crippen molar-refractivity contribution in [2.75, 3.05) is 10.0 Å². The quantitative estimate of drug-likeness (QED) is 0.119. The number of benzene rings is 2. The molecule has 2 fully saturated rings. The molecule has 0 aliphatic carbocycles. The summed E-state index contributed by atoms with van der Waals surface area (Å²) in [5.74, 6) is -4.21. The minimum absolute atomic E-state index is 0.0256. The van der Waals surface area contributed by atoms with Crippen LogP contribution in [0.15, 0.2) is 81.9 Å². The maximum absolute atomic E-state index is 12.4. The van der Waals surface area contributed by atoms with E-state index in [1.807, 2.05) is 24.3 Å². The molecule has 0 bridgehead atoms. The number of thiophene rings is 2. The number of aromatic carboxylic acids is 2. The van der Waals surface area contributed by atoms with Crippen molar-refractivity contribution in [3.05, 3.63) is 111 Å². The summed E-state index contributed by atoms with van der Waals surface area (Å²) in [5.41, 5.74) is 6.49. The number of carbonyl (C=O) groups is 6. The maximum atomic E-state index is 12.4. The highest BCUT2D eigenvalue weighted by Gasteiger charge is 2.35. The highest BCUT2D eigenvalue weighted by Crippen LogP contribution is 2.26. The average Bonchev–Trinajstić information content (AvgIpc) is 3.80. The molecule has 4 N–H and O–H groups in total. The van der Waals surface area contributed by atoms with Gasteiger partial charge in [0.25, 0.3) is 23.6 Å². The number of nitrogens with one attached hydrogen (secondary N) is 2. The van der Waals surface area contributed by atoms with Crippen LogP contribution in [0, 0.1) is 7.14 Å². The first-order chi connectivity index (χ1) is 21.9. The van der Waals surface area contributed by atoms with Crippen molar-refractivity contribution in [1.29, 1.82) is 0 Å². The second-order valence-electron chi connectivity index (χ2n) is 9.32. The van der Waals surface area contributed by atoms with Crippen LogP contribution in [0.1, 0.15) is 31.2 Å². The highest BCUT2D eigenvalue weighted by atomic mass is 127. The van der Waals surface area contributed by atoms with Crippen LogP contribution in [0.5, 0.6) is 0 Å². The van der Waals surface area contributed by atoms with Crippen molar-refractivity contribution >= 4 is 127 Å². The second kappa shape index (κ2) is 13.9. The molecule has 16 heteroatoms. The summed E-state index contributed by atoms with van der Waals surface area (Å²) in [4.78, 5) is 71.5. The van der Waals surface area contributed by atoms with E-state index in [4.69, 9.17) is 10.2 Å². The number of carboxylic acids is 2. The van der Waals surface area contributed by atoms with Crippen molar-refractivity contribution in [3.8, 4) is 0 Å². The Bertz CT molecular complexity index is 1970. The van der Waals surface area contributed by atoms with Gasteiger partial charge in [0.1, 0.15) is 11.1 Å². The van der Waals surface area contributed by atoms with Gasteiger partial charge >= 0.3 is 11.9 Å². The molecule has 46 heavy (non-hydrogen) atoms. The largest absolute Gasteiger partial charge is 0.478 e. The molecule has 232 valence electrons. The average molecular weight is 880 g/mol. The lowest BCUT2D eigenvalue weighted by Gasteiger charge is -2.14. The standard InChI is InChI=1S/2C15H9IN2O4S/c16-9-1-3-10(4-2-9)18-14(20)12(13(19)17-18)6-11-5-8(7-23-11)15(21)22;16-9-1-3-10(4-2-9)18-14(20)11(13(19)17-18)5-8-6-23-7-12(8)15(21)22/h2*1-7H,(H,17,19)(H,21,22). The Balaban J connectivity index is 0.000000181. The number of carboxylic acid groups (broad SMARTS) is 2. The molecule has 0 atom stereocenters. The van der Waals surface area contributed by atoms with E-state index >= 15 is 0 Å². The number of hydrazine groups is 2. The fraction of sp³-hybridized carbons (Fsp3) is 0. The Morgan fingerprint density at radius 1 is 0.696 bits per heavy atom. The lowest BCUT2D eigenvalue weighted by atomic mass is 10.1. The Morgan fingerprint density at radius 2 is 1.20 bits per heavy atom. The zero-order valence-electron chi connectivity index (χ0n) is 22.9. The van der Waals surface area contributed by atoms with E-state index in [2.05, 4.69) is 56.0 Å². The van der Waals surface area contributed by atoms with Gasteiger partial charge in [0.15, 0.2) is 0 Å². The summed E-state index contributed by atoms with van der Waals surface area (Å²) in [6.07, 6.45) is 2.71. The van der Waals surface area contributed by atoms with E-state index in [9.17, 15) is 28.8 Å². The topological polar surface area (TPSA) is 173 Å². The summed E-state index contributed by atoms with van der Waals surface area (Å²) >= 11 is 6.64. The number of halogens is 2. The van der Waals surface area contributed by atoms with E-state index in [1.54, 1.807) is 29.6 Å². The molecule has 4 aromatic rings. The van der Waals surface area contributed by atoms with Crippen LogP contribution in [0.4, 0.5) is 11.4 Å². The molecule has 2 saturated heterocycles. The molecule has 2 aromatic heterocycles. The second-order valence-corrected chi connectivity index (χ2v) is 13.5. The molecule has 2 aromatic carbocycles. The van der Waals surface area contributed by atoms with Crippen LogP contribution in [-0.4, -0.2) is 45.8 Å². The third kappa shape index (κ3) is 7.19. The van der Waals surface area contributed by atoms with Gasteiger partial charge in [-0.15, -0.1) is 11.3 Å². The minimum Gasteiger partial charge on any atom is -0.478 e. The molecule has 2 aliphatic rings. The van der Waals surface area contributed by atoms with E-state index in [0.29, 0.717) is 21.8 Å². The van der Waals surface area contributed by atoms with Crippen LogP contribution in [0.3, 0.4) is 0 Å². The first kappa shape index (κ1) is 33.0. The van der Waals surface area contributed by atoms with Crippen molar-refractivity contribution in [2.24, 2.45) is 0 Å². The fourth-order valence-corrected chi connectivity index (χ4v) is 6.40. The zero-order valence-corrected chi connectivity index (χ0v) is 28.8. The van der Waals surface area contributed by atoms with Crippen molar-refractivity contribution < 1.29 is 39.0 Å². The molecule has 12 nitrogen and oxygen atoms in total. The lowest BCUT2D eigenvalue weighted by Crippen LogP contribution is -2.35. The van der Waals surface area contributed by atoms with Crippen molar-refractivity contribution in [3.63, 3.8) is 0 Å². The van der Waals surface area contributed by atoms with E-state index in [0.717, 1.165) is 23.5 Å². The van der Waals surface area contributed by atoms with Gasteiger partial charge in [0, 0.05) is 28.3 Å². The lowest BCUT2D eigenvalue weighted by molar-refractivity contribution is -0.118. The predicted molar refractivity (Wildman–Crippen MR) is 188 cm³/mol. The molecule has 0 radical (unpaired) electrons. The van der Waals surface area contributed by atoms with Crippen LogP contribution in [0.2, 0.25) is 0 Å².